The SMILES string of the molecule is O=C(Nc1cc[nH]c(=O)c1)C1(c2ccc(Br)cc2)CCC1. The predicted molar refractivity (Wildman–Crippen MR) is 85.4 cm³/mol. The summed E-state index contributed by atoms with van der Waals surface area (Å²) < 4.78 is 0.996. The molecule has 0 aliphatic heterocycles. The Morgan fingerprint density at radius 3 is 2.48 bits per heavy atom. The Morgan fingerprint density at radius 2 is 1.90 bits per heavy atom. The number of benzene rings is 1. The number of halogens is 1. The standard InChI is InChI=1S/C16H15BrN2O2/c17-12-4-2-11(3-5-12)16(7-1-8-16)15(21)19-13-6-9-18-14(20)10-13/h2-6,9-10H,1,7-8H2,(H2,18,19,20,21). The number of H-pyrrole nitrogens is 1. The molecule has 5 heteroatoms. The summed E-state index contributed by atoms with van der Waals surface area (Å²) >= 11 is 3.41. The molecule has 0 atom stereocenters. The topological polar surface area (TPSA) is 62.0 Å². The van der Waals surface area contributed by atoms with Crippen LogP contribution in [0.2, 0.25) is 0 Å². The van der Waals surface area contributed by atoms with Gasteiger partial charge in [-0.05, 0) is 36.6 Å². The second kappa shape index (κ2) is 5.48. The fourth-order valence-electron chi connectivity index (χ4n) is 2.72. The average Bonchev–Trinajstić information content (AvgIpc) is 2.39. The van der Waals surface area contributed by atoms with Gasteiger partial charge in [-0.15, -0.1) is 0 Å². The molecule has 2 N–H and O–H groups in total. The van der Waals surface area contributed by atoms with Crippen LogP contribution >= 0.6 is 15.9 Å². The van der Waals surface area contributed by atoms with Gasteiger partial charge in [0, 0.05) is 22.4 Å². The summed E-state index contributed by atoms with van der Waals surface area (Å²) in [6.45, 7) is 0. The maximum absolute atomic E-state index is 12.7. The summed E-state index contributed by atoms with van der Waals surface area (Å²) in [7, 11) is 0. The first-order valence-electron chi connectivity index (χ1n) is 6.86. The minimum Gasteiger partial charge on any atom is -0.329 e. The minimum atomic E-state index is -0.469. The molecule has 2 aromatic rings. The van der Waals surface area contributed by atoms with Gasteiger partial charge in [0.1, 0.15) is 0 Å². The van der Waals surface area contributed by atoms with E-state index in [2.05, 4.69) is 26.2 Å². The van der Waals surface area contributed by atoms with E-state index >= 15 is 0 Å². The first-order chi connectivity index (χ1) is 10.1. The molecule has 0 spiro atoms. The van der Waals surface area contributed by atoms with Gasteiger partial charge in [-0.1, -0.05) is 34.5 Å². The summed E-state index contributed by atoms with van der Waals surface area (Å²) in [5.74, 6) is -0.0401. The van der Waals surface area contributed by atoms with Gasteiger partial charge >= 0.3 is 0 Å². The highest BCUT2D eigenvalue weighted by molar-refractivity contribution is 9.10. The zero-order valence-electron chi connectivity index (χ0n) is 11.4. The molecule has 1 amide bonds. The summed E-state index contributed by atoms with van der Waals surface area (Å²) in [6.07, 6.45) is 4.25. The first kappa shape index (κ1) is 14.1. The number of rotatable bonds is 3. The first-order valence-corrected chi connectivity index (χ1v) is 7.66. The van der Waals surface area contributed by atoms with E-state index in [0.29, 0.717) is 5.69 Å². The Kier molecular flexibility index (Phi) is 3.68. The molecular formula is C16H15BrN2O2. The van der Waals surface area contributed by atoms with Gasteiger partial charge in [-0.3, -0.25) is 9.59 Å². The molecule has 1 aliphatic rings. The molecule has 21 heavy (non-hydrogen) atoms. The van der Waals surface area contributed by atoms with Crippen LogP contribution in [0.1, 0.15) is 24.8 Å². The van der Waals surface area contributed by atoms with E-state index < -0.39 is 5.41 Å². The van der Waals surface area contributed by atoms with E-state index in [9.17, 15) is 9.59 Å². The Bertz CT molecular complexity index is 718. The largest absolute Gasteiger partial charge is 0.329 e. The van der Waals surface area contributed by atoms with Crippen LogP contribution in [0.4, 0.5) is 5.69 Å². The van der Waals surface area contributed by atoms with Crippen molar-refractivity contribution in [2.75, 3.05) is 5.32 Å². The summed E-state index contributed by atoms with van der Waals surface area (Å²) in [5, 5.41) is 2.87. The number of carbonyl (C=O) groups is 1. The van der Waals surface area contributed by atoms with Crippen molar-refractivity contribution in [2.45, 2.75) is 24.7 Å². The third-order valence-corrected chi connectivity index (χ3v) is 4.60. The van der Waals surface area contributed by atoms with E-state index in [1.807, 2.05) is 24.3 Å². The van der Waals surface area contributed by atoms with Crippen molar-refractivity contribution in [3.8, 4) is 0 Å². The van der Waals surface area contributed by atoms with Gasteiger partial charge in [0.25, 0.3) is 0 Å². The monoisotopic (exact) mass is 346 g/mol. The molecule has 1 aromatic carbocycles. The second-order valence-corrected chi connectivity index (χ2v) is 6.25. The van der Waals surface area contributed by atoms with Crippen molar-refractivity contribution in [1.82, 2.24) is 4.98 Å². The fourth-order valence-corrected chi connectivity index (χ4v) is 2.98. The third-order valence-electron chi connectivity index (χ3n) is 4.07. The molecule has 0 radical (unpaired) electrons. The van der Waals surface area contributed by atoms with Crippen molar-refractivity contribution in [3.05, 3.63) is 63.0 Å². The van der Waals surface area contributed by atoms with Gasteiger partial charge in [0.05, 0.1) is 5.41 Å². The van der Waals surface area contributed by atoms with E-state index in [0.717, 1.165) is 29.3 Å². The smallest absolute Gasteiger partial charge is 0.249 e. The number of aromatic nitrogens is 1. The molecule has 1 aromatic heterocycles. The lowest BCUT2D eigenvalue weighted by molar-refractivity contribution is -0.124. The lowest BCUT2D eigenvalue weighted by atomic mass is 9.64. The lowest BCUT2D eigenvalue weighted by Gasteiger charge is -2.40. The van der Waals surface area contributed by atoms with Gasteiger partial charge in [-0.25, -0.2) is 0 Å². The number of pyridine rings is 1. The Labute approximate surface area is 130 Å². The van der Waals surface area contributed by atoms with E-state index in [1.165, 1.54) is 12.3 Å². The van der Waals surface area contributed by atoms with Gasteiger partial charge in [0.15, 0.2) is 0 Å². The molecule has 108 valence electrons. The molecule has 1 fully saturated rings. The van der Waals surface area contributed by atoms with Crippen molar-refractivity contribution in [3.63, 3.8) is 0 Å². The summed E-state index contributed by atoms with van der Waals surface area (Å²) in [5.41, 5.74) is 0.870. The van der Waals surface area contributed by atoms with Crippen LogP contribution in [-0.4, -0.2) is 10.9 Å². The quantitative estimate of drug-likeness (QED) is 0.896. The van der Waals surface area contributed by atoms with Crippen molar-refractivity contribution in [1.29, 1.82) is 0 Å². The molecular weight excluding hydrogens is 332 g/mol. The summed E-state index contributed by atoms with van der Waals surface area (Å²) in [6, 6.07) is 11.0. The Morgan fingerprint density at radius 1 is 1.19 bits per heavy atom. The van der Waals surface area contributed by atoms with Crippen LogP contribution < -0.4 is 10.9 Å². The number of amides is 1. The minimum absolute atomic E-state index is 0.0401. The zero-order valence-corrected chi connectivity index (χ0v) is 12.9. The molecule has 0 bridgehead atoms. The van der Waals surface area contributed by atoms with Crippen LogP contribution in [0.3, 0.4) is 0 Å². The highest BCUT2D eigenvalue weighted by atomic mass is 79.9. The zero-order chi connectivity index (χ0) is 14.9. The highest BCUT2D eigenvalue weighted by Gasteiger charge is 2.45. The molecule has 3 rings (SSSR count). The maximum Gasteiger partial charge on any atom is 0.249 e. The summed E-state index contributed by atoms with van der Waals surface area (Å²) in [4.78, 5) is 26.5. The lowest BCUT2D eigenvalue weighted by Crippen LogP contribution is -2.46. The van der Waals surface area contributed by atoms with E-state index in [4.69, 9.17) is 0 Å². The van der Waals surface area contributed by atoms with Crippen LogP contribution in [0.15, 0.2) is 51.9 Å². The average molecular weight is 347 g/mol. The maximum atomic E-state index is 12.7. The van der Waals surface area contributed by atoms with Gasteiger partial charge < -0.3 is 10.3 Å². The molecule has 1 heterocycles. The molecule has 1 saturated carbocycles. The number of aromatic amines is 1. The Balaban J connectivity index is 1.87. The van der Waals surface area contributed by atoms with Crippen LogP contribution in [0.5, 0.6) is 0 Å². The Hall–Kier alpha value is -1.88. The number of hydrogen-bond acceptors (Lipinski definition) is 2. The molecule has 1 aliphatic carbocycles. The van der Waals surface area contributed by atoms with Gasteiger partial charge in [0.2, 0.25) is 11.5 Å². The van der Waals surface area contributed by atoms with Crippen molar-refractivity contribution >= 4 is 27.5 Å². The van der Waals surface area contributed by atoms with Crippen molar-refractivity contribution < 1.29 is 4.79 Å². The van der Waals surface area contributed by atoms with E-state index in [-0.39, 0.29) is 11.5 Å². The normalized spacial score (nSPS) is 16.0. The molecule has 4 nitrogen and oxygen atoms in total. The number of nitrogens with one attached hydrogen (secondary N) is 2. The number of carbonyl (C=O) groups excluding carboxylic acids is 1. The van der Waals surface area contributed by atoms with Crippen LogP contribution in [0, 0.1) is 0 Å². The van der Waals surface area contributed by atoms with E-state index in [1.54, 1.807) is 6.07 Å². The third kappa shape index (κ3) is 2.65. The van der Waals surface area contributed by atoms with Gasteiger partial charge in [-0.2, -0.15) is 0 Å². The van der Waals surface area contributed by atoms with Crippen LogP contribution in [0.25, 0.3) is 0 Å². The fraction of sp³-hybridized carbons (Fsp3) is 0.250. The van der Waals surface area contributed by atoms with Crippen LogP contribution in [-0.2, 0) is 10.2 Å². The van der Waals surface area contributed by atoms with Crippen molar-refractivity contribution in [2.24, 2.45) is 0 Å². The number of anilines is 1. The molecule has 0 unspecified atom stereocenters. The second-order valence-electron chi connectivity index (χ2n) is 5.34. The number of hydrogen-bond donors (Lipinski definition) is 2. The predicted octanol–water partition coefficient (Wildman–Crippen LogP) is 3.20. The molecule has 0 saturated heterocycles. The highest BCUT2D eigenvalue weighted by Crippen LogP contribution is 2.44.